The summed E-state index contributed by atoms with van der Waals surface area (Å²) in [6.45, 7) is 0. The molecule has 106 valence electrons. The van der Waals surface area contributed by atoms with Gasteiger partial charge in [0.05, 0.1) is 5.02 Å². The summed E-state index contributed by atoms with van der Waals surface area (Å²) in [6, 6.07) is 8.76. The molecule has 0 aliphatic heterocycles. The quantitative estimate of drug-likeness (QED) is 0.856. The van der Waals surface area contributed by atoms with Crippen LogP contribution in [-0.2, 0) is 6.42 Å². The lowest BCUT2D eigenvalue weighted by molar-refractivity contribution is 0.584. The van der Waals surface area contributed by atoms with E-state index in [1.54, 1.807) is 25.2 Å². The van der Waals surface area contributed by atoms with Gasteiger partial charge in [-0.2, -0.15) is 0 Å². The molecule has 2 aromatic rings. The van der Waals surface area contributed by atoms with Crippen LogP contribution >= 0.6 is 23.2 Å². The Bertz CT molecular complexity index is 617. The normalized spacial score (nSPS) is 12.4. The molecule has 1 unspecified atom stereocenters. The van der Waals surface area contributed by atoms with Gasteiger partial charge >= 0.3 is 0 Å². The highest BCUT2D eigenvalue weighted by molar-refractivity contribution is 6.31. The Morgan fingerprint density at radius 3 is 2.40 bits per heavy atom. The van der Waals surface area contributed by atoms with Crippen molar-refractivity contribution in [3.8, 4) is 0 Å². The number of benzene rings is 2. The third kappa shape index (κ3) is 3.48. The van der Waals surface area contributed by atoms with E-state index in [4.69, 9.17) is 23.2 Å². The number of hydrogen-bond donors (Lipinski definition) is 1. The summed E-state index contributed by atoms with van der Waals surface area (Å²) < 4.78 is 26.2. The zero-order valence-corrected chi connectivity index (χ0v) is 12.3. The van der Waals surface area contributed by atoms with E-state index in [9.17, 15) is 8.78 Å². The summed E-state index contributed by atoms with van der Waals surface area (Å²) in [6.07, 6.45) is 0.571. The van der Waals surface area contributed by atoms with E-state index in [2.05, 4.69) is 5.32 Å². The lowest BCUT2D eigenvalue weighted by Gasteiger charge is -2.18. The predicted molar refractivity (Wildman–Crippen MR) is 78.3 cm³/mol. The third-order valence-corrected chi connectivity index (χ3v) is 3.73. The fourth-order valence-electron chi connectivity index (χ4n) is 2.05. The molecule has 0 radical (unpaired) electrons. The van der Waals surface area contributed by atoms with E-state index in [0.717, 1.165) is 11.1 Å². The molecule has 0 aliphatic carbocycles. The zero-order chi connectivity index (χ0) is 14.7. The molecule has 0 heterocycles. The molecule has 0 aromatic heterocycles. The standard InChI is InChI=1S/C15H13Cl2F2N/c1-20-15(11-4-3-10(18)8-12(11)16)7-9-2-5-14(19)13(17)6-9/h2-6,8,15,20H,7H2,1H3. The van der Waals surface area contributed by atoms with Crippen molar-refractivity contribution < 1.29 is 8.78 Å². The Kier molecular flexibility index (Phi) is 4.97. The van der Waals surface area contributed by atoms with E-state index in [1.165, 1.54) is 18.2 Å². The first-order valence-corrected chi connectivity index (χ1v) is 6.83. The van der Waals surface area contributed by atoms with Gasteiger partial charge in [-0.15, -0.1) is 0 Å². The summed E-state index contributed by atoms with van der Waals surface area (Å²) in [5.41, 5.74) is 1.66. The lowest BCUT2D eigenvalue weighted by atomic mass is 9.99. The first kappa shape index (κ1) is 15.2. The van der Waals surface area contributed by atoms with Crippen molar-refractivity contribution in [2.45, 2.75) is 12.5 Å². The van der Waals surface area contributed by atoms with Gasteiger partial charge in [0, 0.05) is 11.1 Å². The fourth-order valence-corrected chi connectivity index (χ4v) is 2.56. The van der Waals surface area contributed by atoms with Crippen molar-refractivity contribution in [1.82, 2.24) is 5.32 Å². The van der Waals surface area contributed by atoms with Crippen LogP contribution in [0.2, 0.25) is 10.0 Å². The van der Waals surface area contributed by atoms with Crippen LogP contribution in [0.3, 0.4) is 0 Å². The summed E-state index contributed by atoms with van der Waals surface area (Å²) in [7, 11) is 1.79. The van der Waals surface area contributed by atoms with Crippen LogP contribution in [0.1, 0.15) is 17.2 Å². The van der Waals surface area contributed by atoms with E-state index in [0.29, 0.717) is 11.4 Å². The molecule has 0 saturated carbocycles. The minimum absolute atomic E-state index is 0.0857. The number of halogens is 4. The molecule has 1 N–H and O–H groups in total. The largest absolute Gasteiger partial charge is 0.313 e. The molecular weight excluding hydrogens is 303 g/mol. The third-order valence-electron chi connectivity index (χ3n) is 3.11. The van der Waals surface area contributed by atoms with Gasteiger partial charge < -0.3 is 5.32 Å². The van der Waals surface area contributed by atoms with Gasteiger partial charge in [-0.25, -0.2) is 8.78 Å². The molecule has 0 amide bonds. The van der Waals surface area contributed by atoms with E-state index in [1.807, 2.05) is 0 Å². The highest BCUT2D eigenvalue weighted by Gasteiger charge is 2.15. The summed E-state index contributed by atoms with van der Waals surface area (Å²) in [5, 5.41) is 3.56. The van der Waals surface area contributed by atoms with Crippen LogP contribution in [0, 0.1) is 11.6 Å². The number of nitrogens with one attached hydrogen (secondary N) is 1. The Balaban J connectivity index is 2.26. The second kappa shape index (κ2) is 6.53. The zero-order valence-electron chi connectivity index (χ0n) is 10.8. The number of likely N-dealkylation sites (N-methyl/N-ethyl adjacent to an activating group) is 1. The molecule has 0 spiro atoms. The molecule has 0 aliphatic rings. The molecule has 0 bridgehead atoms. The maximum Gasteiger partial charge on any atom is 0.141 e. The monoisotopic (exact) mass is 315 g/mol. The van der Waals surface area contributed by atoms with Gasteiger partial charge in [0.15, 0.2) is 0 Å². The van der Waals surface area contributed by atoms with Gasteiger partial charge in [-0.1, -0.05) is 35.3 Å². The molecule has 2 aromatic carbocycles. The van der Waals surface area contributed by atoms with Crippen molar-refractivity contribution in [1.29, 1.82) is 0 Å². The van der Waals surface area contributed by atoms with Crippen LogP contribution in [-0.4, -0.2) is 7.05 Å². The van der Waals surface area contributed by atoms with Gasteiger partial charge in [0.1, 0.15) is 11.6 Å². The van der Waals surface area contributed by atoms with Crippen molar-refractivity contribution in [2.24, 2.45) is 0 Å². The summed E-state index contributed by atoms with van der Waals surface area (Å²) >= 11 is 11.8. The van der Waals surface area contributed by atoms with Crippen LogP contribution < -0.4 is 5.32 Å². The molecule has 1 atom stereocenters. The average Bonchev–Trinajstić information content (AvgIpc) is 2.41. The second-order valence-corrected chi connectivity index (χ2v) is 5.27. The maximum absolute atomic E-state index is 13.1. The molecule has 5 heteroatoms. The lowest BCUT2D eigenvalue weighted by Crippen LogP contribution is -2.19. The minimum atomic E-state index is -0.448. The van der Waals surface area contributed by atoms with E-state index in [-0.39, 0.29) is 16.9 Å². The van der Waals surface area contributed by atoms with Crippen molar-refractivity contribution in [2.75, 3.05) is 7.05 Å². The van der Waals surface area contributed by atoms with E-state index < -0.39 is 5.82 Å². The predicted octanol–water partition coefficient (Wildman–Crippen LogP) is 4.77. The van der Waals surface area contributed by atoms with Crippen molar-refractivity contribution in [3.05, 3.63) is 69.2 Å². The van der Waals surface area contributed by atoms with Gasteiger partial charge in [-0.05, 0) is 48.9 Å². The highest BCUT2D eigenvalue weighted by Crippen LogP contribution is 2.27. The topological polar surface area (TPSA) is 12.0 Å². The van der Waals surface area contributed by atoms with Crippen LogP contribution in [0.5, 0.6) is 0 Å². The van der Waals surface area contributed by atoms with E-state index >= 15 is 0 Å². The van der Waals surface area contributed by atoms with Gasteiger partial charge in [0.2, 0.25) is 0 Å². The number of hydrogen-bond acceptors (Lipinski definition) is 1. The number of rotatable bonds is 4. The Morgan fingerprint density at radius 2 is 1.80 bits per heavy atom. The highest BCUT2D eigenvalue weighted by atomic mass is 35.5. The first-order chi connectivity index (χ1) is 9.51. The SMILES string of the molecule is CNC(Cc1ccc(F)c(Cl)c1)c1ccc(F)cc1Cl. The Labute approximate surface area is 126 Å². The molecule has 2 rings (SSSR count). The van der Waals surface area contributed by atoms with Gasteiger partial charge in [0.25, 0.3) is 0 Å². The van der Waals surface area contributed by atoms with Gasteiger partial charge in [-0.3, -0.25) is 0 Å². The first-order valence-electron chi connectivity index (χ1n) is 6.07. The summed E-state index contributed by atoms with van der Waals surface area (Å²) in [4.78, 5) is 0. The summed E-state index contributed by atoms with van der Waals surface area (Å²) in [5.74, 6) is -0.824. The van der Waals surface area contributed by atoms with Crippen LogP contribution in [0.15, 0.2) is 36.4 Å². The molecule has 0 fully saturated rings. The maximum atomic E-state index is 13.1. The smallest absolute Gasteiger partial charge is 0.141 e. The van der Waals surface area contributed by atoms with Crippen molar-refractivity contribution in [3.63, 3.8) is 0 Å². The minimum Gasteiger partial charge on any atom is -0.313 e. The molecule has 20 heavy (non-hydrogen) atoms. The molecule has 0 saturated heterocycles. The van der Waals surface area contributed by atoms with Crippen LogP contribution in [0.25, 0.3) is 0 Å². The average molecular weight is 316 g/mol. The molecular formula is C15H13Cl2F2N. The second-order valence-electron chi connectivity index (χ2n) is 4.46. The Hall–Kier alpha value is -1.16. The Morgan fingerprint density at radius 1 is 1.05 bits per heavy atom. The van der Waals surface area contributed by atoms with Crippen molar-refractivity contribution >= 4 is 23.2 Å². The molecule has 1 nitrogen and oxygen atoms in total. The fraction of sp³-hybridized carbons (Fsp3) is 0.200. The van der Waals surface area contributed by atoms with Crippen LogP contribution in [0.4, 0.5) is 8.78 Å².